The summed E-state index contributed by atoms with van der Waals surface area (Å²) in [7, 11) is 2.14. The van der Waals surface area contributed by atoms with E-state index in [1.54, 1.807) is 5.56 Å². The second-order valence-corrected chi connectivity index (χ2v) is 6.90. The van der Waals surface area contributed by atoms with Crippen molar-refractivity contribution in [2.75, 3.05) is 7.05 Å². The highest BCUT2D eigenvalue weighted by Gasteiger charge is 2.43. The summed E-state index contributed by atoms with van der Waals surface area (Å²) in [6, 6.07) is 5.36. The number of hydrogen-bond acceptors (Lipinski definition) is 1. The summed E-state index contributed by atoms with van der Waals surface area (Å²) in [6.07, 6.45) is 5.90. The van der Waals surface area contributed by atoms with Gasteiger partial charge in [0.05, 0.1) is 0 Å². The smallest absolute Gasteiger partial charge is 0.0351 e. The summed E-state index contributed by atoms with van der Waals surface area (Å²) in [5, 5.41) is 3.63. The van der Waals surface area contributed by atoms with Gasteiger partial charge in [-0.05, 0) is 87.1 Å². The standard InChI is InChI=1S/C18H27N/c1-11-7-13(3)16(8-12(11)2)18(19-4)17-10-14-5-6-15(17)9-14/h7-8,14-15,17-19H,5-6,9-10H2,1-4H3. The van der Waals surface area contributed by atoms with E-state index in [1.807, 2.05) is 0 Å². The molecule has 1 aromatic rings. The van der Waals surface area contributed by atoms with Crippen molar-refractivity contribution in [3.05, 3.63) is 34.4 Å². The maximum absolute atomic E-state index is 3.63. The summed E-state index contributed by atoms with van der Waals surface area (Å²) in [4.78, 5) is 0. The van der Waals surface area contributed by atoms with E-state index in [-0.39, 0.29) is 0 Å². The lowest BCUT2D eigenvalue weighted by molar-refractivity contribution is 0.259. The fourth-order valence-electron chi connectivity index (χ4n) is 4.62. The van der Waals surface area contributed by atoms with Crippen LogP contribution >= 0.6 is 0 Å². The molecule has 2 bridgehead atoms. The molecule has 2 aliphatic carbocycles. The maximum Gasteiger partial charge on any atom is 0.0351 e. The van der Waals surface area contributed by atoms with Gasteiger partial charge in [-0.1, -0.05) is 18.6 Å². The SMILES string of the molecule is CNC(c1cc(C)c(C)cc1C)C1CC2CCC1C2. The van der Waals surface area contributed by atoms with Crippen LogP contribution in [0.3, 0.4) is 0 Å². The molecule has 2 saturated carbocycles. The molecule has 0 amide bonds. The molecule has 2 fully saturated rings. The van der Waals surface area contributed by atoms with E-state index in [9.17, 15) is 0 Å². The van der Waals surface area contributed by atoms with E-state index in [4.69, 9.17) is 0 Å². The molecule has 3 rings (SSSR count). The van der Waals surface area contributed by atoms with Crippen molar-refractivity contribution in [2.24, 2.45) is 17.8 Å². The molecule has 4 unspecified atom stereocenters. The number of benzene rings is 1. The van der Waals surface area contributed by atoms with Gasteiger partial charge in [-0.15, -0.1) is 0 Å². The van der Waals surface area contributed by atoms with E-state index < -0.39 is 0 Å². The molecule has 0 saturated heterocycles. The molecule has 1 heteroatoms. The van der Waals surface area contributed by atoms with Crippen LogP contribution in [0.25, 0.3) is 0 Å². The van der Waals surface area contributed by atoms with Crippen LogP contribution in [0.2, 0.25) is 0 Å². The molecule has 1 aromatic carbocycles. The third-order valence-electron chi connectivity index (χ3n) is 5.75. The molecular formula is C18H27N. The van der Waals surface area contributed by atoms with Crippen molar-refractivity contribution >= 4 is 0 Å². The highest BCUT2D eigenvalue weighted by Crippen LogP contribution is 2.52. The van der Waals surface area contributed by atoms with E-state index >= 15 is 0 Å². The van der Waals surface area contributed by atoms with Crippen molar-refractivity contribution in [1.29, 1.82) is 0 Å². The van der Waals surface area contributed by atoms with E-state index in [1.165, 1.54) is 42.4 Å². The Morgan fingerprint density at radius 1 is 1.00 bits per heavy atom. The van der Waals surface area contributed by atoms with Crippen LogP contribution in [0.15, 0.2) is 12.1 Å². The largest absolute Gasteiger partial charge is 0.313 e. The predicted molar refractivity (Wildman–Crippen MR) is 81.4 cm³/mol. The van der Waals surface area contributed by atoms with Gasteiger partial charge in [0.2, 0.25) is 0 Å². The number of hydrogen-bond donors (Lipinski definition) is 1. The monoisotopic (exact) mass is 257 g/mol. The fourth-order valence-corrected chi connectivity index (χ4v) is 4.62. The Hall–Kier alpha value is -0.820. The number of fused-ring (bicyclic) bond motifs is 2. The van der Waals surface area contributed by atoms with E-state index in [0.717, 1.165) is 17.8 Å². The average Bonchev–Trinajstić information content (AvgIpc) is 2.99. The zero-order valence-corrected chi connectivity index (χ0v) is 12.8. The van der Waals surface area contributed by atoms with Gasteiger partial charge in [-0.2, -0.15) is 0 Å². The van der Waals surface area contributed by atoms with Crippen molar-refractivity contribution in [1.82, 2.24) is 5.32 Å². The van der Waals surface area contributed by atoms with Crippen LogP contribution in [0, 0.1) is 38.5 Å². The Balaban J connectivity index is 1.92. The van der Waals surface area contributed by atoms with Crippen LogP contribution in [-0.4, -0.2) is 7.05 Å². The minimum atomic E-state index is 0.564. The lowest BCUT2D eigenvalue weighted by Crippen LogP contribution is -2.29. The zero-order valence-electron chi connectivity index (χ0n) is 12.8. The molecule has 1 N–H and O–H groups in total. The van der Waals surface area contributed by atoms with E-state index in [0.29, 0.717) is 6.04 Å². The van der Waals surface area contributed by atoms with Gasteiger partial charge in [0, 0.05) is 6.04 Å². The first-order chi connectivity index (χ1) is 9.10. The van der Waals surface area contributed by atoms with Crippen molar-refractivity contribution in [3.8, 4) is 0 Å². The fraction of sp³-hybridized carbons (Fsp3) is 0.667. The molecule has 0 heterocycles. The summed E-state index contributed by atoms with van der Waals surface area (Å²) in [5.41, 5.74) is 5.86. The van der Waals surface area contributed by atoms with Crippen molar-refractivity contribution < 1.29 is 0 Å². The Morgan fingerprint density at radius 2 is 1.74 bits per heavy atom. The quantitative estimate of drug-likeness (QED) is 0.851. The van der Waals surface area contributed by atoms with Gasteiger partial charge in [-0.3, -0.25) is 0 Å². The van der Waals surface area contributed by atoms with Gasteiger partial charge >= 0.3 is 0 Å². The van der Waals surface area contributed by atoms with Gasteiger partial charge in [-0.25, -0.2) is 0 Å². The summed E-state index contributed by atoms with van der Waals surface area (Å²) in [5.74, 6) is 2.87. The molecule has 4 atom stereocenters. The third-order valence-corrected chi connectivity index (χ3v) is 5.75. The van der Waals surface area contributed by atoms with E-state index in [2.05, 4.69) is 45.3 Å². The molecule has 0 radical (unpaired) electrons. The van der Waals surface area contributed by atoms with Crippen LogP contribution in [0.4, 0.5) is 0 Å². The first-order valence-corrected chi connectivity index (χ1v) is 7.85. The Kier molecular flexibility index (Phi) is 3.42. The Labute approximate surface area is 117 Å². The van der Waals surface area contributed by atoms with Crippen LogP contribution in [-0.2, 0) is 0 Å². The molecule has 19 heavy (non-hydrogen) atoms. The zero-order chi connectivity index (χ0) is 13.6. The van der Waals surface area contributed by atoms with Crippen LogP contribution in [0.5, 0.6) is 0 Å². The predicted octanol–water partition coefficient (Wildman–Crippen LogP) is 4.31. The van der Waals surface area contributed by atoms with Crippen molar-refractivity contribution in [2.45, 2.75) is 52.5 Å². The van der Waals surface area contributed by atoms with Crippen LogP contribution in [0.1, 0.15) is 54.0 Å². The number of nitrogens with one attached hydrogen (secondary N) is 1. The topological polar surface area (TPSA) is 12.0 Å². The average molecular weight is 257 g/mol. The van der Waals surface area contributed by atoms with Gasteiger partial charge in [0.15, 0.2) is 0 Å². The number of aryl methyl sites for hydroxylation is 3. The molecule has 2 aliphatic rings. The third kappa shape index (κ3) is 2.23. The normalized spacial score (nSPS) is 30.8. The summed E-state index contributed by atoms with van der Waals surface area (Å²) < 4.78 is 0. The second kappa shape index (κ2) is 4.94. The molecule has 0 aromatic heterocycles. The van der Waals surface area contributed by atoms with Crippen molar-refractivity contribution in [3.63, 3.8) is 0 Å². The molecular weight excluding hydrogens is 230 g/mol. The summed E-state index contributed by atoms with van der Waals surface area (Å²) >= 11 is 0. The first kappa shape index (κ1) is 13.2. The lowest BCUT2D eigenvalue weighted by atomic mass is 9.79. The maximum atomic E-state index is 3.63. The first-order valence-electron chi connectivity index (χ1n) is 7.85. The highest BCUT2D eigenvalue weighted by atomic mass is 14.9. The Bertz CT molecular complexity index is 477. The molecule has 104 valence electrons. The molecule has 0 spiro atoms. The minimum Gasteiger partial charge on any atom is -0.313 e. The second-order valence-electron chi connectivity index (χ2n) is 6.90. The highest BCUT2D eigenvalue weighted by molar-refractivity contribution is 5.38. The van der Waals surface area contributed by atoms with Gasteiger partial charge < -0.3 is 5.32 Å². The lowest BCUT2D eigenvalue weighted by Gasteiger charge is -2.32. The molecule has 1 nitrogen and oxygen atoms in total. The number of rotatable bonds is 3. The van der Waals surface area contributed by atoms with Gasteiger partial charge in [0.25, 0.3) is 0 Å². The Morgan fingerprint density at radius 3 is 2.32 bits per heavy atom. The van der Waals surface area contributed by atoms with Crippen LogP contribution < -0.4 is 5.32 Å². The van der Waals surface area contributed by atoms with Gasteiger partial charge in [0.1, 0.15) is 0 Å². The minimum absolute atomic E-state index is 0.564. The summed E-state index contributed by atoms with van der Waals surface area (Å²) in [6.45, 7) is 6.74. The molecule has 0 aliphatic heterocycles.